The van der Waals surface area contributed by atoms with Gasteiger partial charge in [0.1, 0.15) is 29.8 Å². The molecular formula is C27H22ClN5O3S. The molecule has 5 rings (SSSR count). The molecule has 0 atom stereocenters. The fourth-order valence-electron chi connectivity index (χ4n) is 3.82. The molecule has 3 heterocycles. The first-order valence-electron chi connectivity index (χ1n) is 11.4. The zero-order chi connectivity index (χ0) is 25.9. The van der Waals surface area contributed by atoms with Gasteiger partial charge in [0.05, 0.1) is 10.6 Å². The van der Waals surface area contributed by atoms with E-state index in [1.807, 2.05) is 32.0 Å². The Morgan fingerprint density at radius 2 is 1.86 bits per heavy atom. The number of thioether (sulfide) groups is 1. The fourth-order valence-corrected chi connectivity index (χ4v) is 4.94. The van der Waals surface area contributed by atoms with Gasteiger partial charge >= 0.3 is 0 Å². The molecule has 3 aromatic rings. The van der Waals surface area contributed by atoms with Gasteiger partial charge in [0, 0.05) is 18.0 Å². The molecule has 2 aliphatic heterocycles. The molecular weight excluding hydrogens is 510 g/mol. The van der Waals surface area contributed by atoms with Crippen LogP contribution in [0.15, 0.2) is 76.6 Å². The van der Waals surface area contributed by atoms with Crippen molar-refractivity contribution < 1.29 is 14.3 Å². The number of hydrogen-bond acceptors (Lipinski definition) is 7. The second-order valence-electron chi connectivity index (χ2n) is 8.38. The van der Waals surface area contributed by atoms with Crippen LogP contribution >= 0.6 is 23.4 Å². The van der Waals surface area contributed by atoms with Gasteiger partial charge in [-0.25, -0.2) is 0 Å². The molecule has 8 nitrogen and oxygen atoms in total. The van der Waals surface area contributed by atoms with E-state index in [0.29, 0.717) is 39.8 Å². The number of pyridine rings is 1. The van der Waals surface area contributed by atoms with Gasteiger partial charge in [0.25, 0.3) is 5.91 Å². The average molecular weight is 532 g/mol. The highest BCUT2D eigenvalue weighted by Gasteiger charge is 2.36. The molecule has 186 valence electrons. The molecule has 2 aromatic carbocycles. The van der Waals surface area contributed by atoms with Gasteiger partial charge < -0.3 is 9.47 Å². The second kappa shape index (κ2) is 10.6. The van der Waals surface area contributed by atoms with Crippen molar-refractivity contribution in [2.24, 2.45) is 10.1 Å². The quantitative estimate of drug-likeness (QED) is 0.320. The van der Waals surface area contributed by atoms with Crippen molar-refractivity contribution in [2.45, 2.75) is 13.8 Å². The van der Waals surface area contributed by atoms with Crippen LogP contribution in [0, 0.1) is 19.3 Å². The monoisotopic (exact) mass is 531 g/mol. The topological polar surface area (TPSA) is 100 Å². The third-order valence-corrected chi connectivity index (χ3v) is 6.69. The highest BCUT2D eigenvalue weighted by molar-refractivity contribution is 8.27. The molecule has 0 saturated carbocycles. The van der Waals surface area contributed by atoms with E-state index in [-0.39, 0.29) is 11.4 Å². The second-order valence-corrected chi connectivity index (χ2v) is 9.74. The number of ether oxygens (including phenoxy) is 2. The van der Waals surface area contributed by atoms with Crippen LogP contribution in [0.2, 0.25) is 5.02 Å². The van der Waals surface area contributed by atoms with E-state index in [4.69, 9.17) is 26.5 Å². The summed E-state index contributed by atoms with van der Waals surface area (Å²) >= 11 is 7.66. The Hall–Kier alpha value is -3.95. The van der Waals surface area contributed by atoms with Crippen LogP contribution < -0.4 is 9.47 Å². The molecule has 0 aliphatic carbocycles. The Kier molecular flexibility index (Phi) is 7.07. The fraction of sp³-hybridized carbons (Fsp3) is 0.148. The molecule has 1 N–H and O–H groups in total. The normalized spacial score (nSPS) is 16.0. The van der Waals surface area contributed by atoms with Crippen molar-refractivity contribution in [1.82, 2.24) is 9.99 Å². The van der Waals surface area contributed by atoms with E-state index in [1.54, 1.807) is 42.7 Å². The number of nitrogens with one attached hydrogen (secondary N) is 1. The molecule has 0 saturated heterocycles. The lowest BCUT2D eigenvalue weighted by Crippen LogP contribution is -2.35. The number of hydrogen-bond donors (Lipinski definition) is 1. The molecule has 0 spiro atoms. The summed E-state index contributed by atoms with van der Waals surface area (Å²) in [5.41, 5.74) is 3.82. The largest absolute Gasteiger partial charge is 0.490 e. The van der Waals surface area contributed by atoms with E-state index in [1.165, 1.54) is 16.8 Å². The molecule has 0 radical (unpaired) electrons. The SMILES string of the molecule is Cc1cc(C)cc(OCCOc2ccc(C=C3C(=N)N4N=C(c5cccnc5)SC4=NC3=O)cc2Cl)c1. The van der Waals surface area contributed by atoms with Crippen LogP contribution in [0.5, 0.6) is 11.5 Å². The number of fused-ring (bicyclic) bond motifs is 1. The minimum absolute atomic E-state index is 0.0543. The number of benzene rings is 2. The lowest BCUT2D eigenvalue weighted by Gasteiger charge is -2.20. The number of amidine groups is 2. The number of nitrogens with zero attached hydrogens (tertiary/aromatic N) is 4. The van der Waals surface area contributed by atoms with Crippen LogP contribution in [0.1, 0.15) is 22.3 Å². The van der Waals surface area contributed by atoms with Crippen LogP contribution in [-0.4, -0.2) is 45.2 Å². The standard InChI is InChI=1S/C27H22ClN5O3S/c1-16-10-17(2)12-20(11-16)35-8-9-36-23-6-5-18(14-22(23)28)13-21-24(29)33-27(31-25(21)34)37-26(32-33)19-4-3-7-30-15-19/h3-7,10-15,29H,8-9H2,1-2H3. The number of halogens is 1. The first-order valence-corrected chi connectivity index (χ1v) is 12.6. The number of carbonyl (C=O) groups is 1. The minimum atomic E-state index is -0.508. The Morgan fingerprint density at radius 3 is 2.59 bits per heavy atom. The van der Waals surface area contributed by atoms with Crippen molar-refractivity contribution in [2.75, 3.05) is 13.2 Å². The third kappa shape index (κ3) is 5.58. The van der Waals surface area contributed by atoms with Gasteiger partial charge in [-0.3, -0.25) is 15.2 Å². The van der Waals surface area contributed by atoms with Gasteiger partial charge in [-0.1, -0.05) is 23.7 Å². The summed E-state index contributed by atoms with van der Waals surface area (Å²) in [7, 11) is 0. The number of aryl methyl sites for hydroxylation is 2. The predicted octanol–water partition coefficient (Wildman–Crippen LogP) is 5.48. The number of aliphatic imine (C=N–C) groups is 1. The van der Waals surface area contributed by atoms with Crippen molar-refractivity contribution in [3.05, 3.63) is 93.8 Å². The maximum atomic E-state index is 12.7. The first kappa shape index (κ1) is 24.7. The lowest BCUT2D eigenvalue weighted by atomic mass is 10.1. The average Bonchev–Trinajstić information content (AvgIpc) is 3.30. The smallest absolute Gasteiger partial charge is 0.283 e. The molecule has 0 unspecified atom stereocenters. The summed E-state index contributed by atoms with van der Waals surface area (Å²) in [6, 6.07) is 14.9. The number of amides is 1. The van der Waals surface area contributed by atoms with Gasteiger partial charge in [0.15, 0.2) is 5.84 Å². The zero-order valence-electron chi connectivity index (χ0n) is 20.1. The van der Waals surface area contributed by atoms with Crippen LogP contribution in [0.25, 0.3) is 6.08 Å². The maximum Gasteiger partial charge on any atom is 0.283 e. The highest BCUT2D eigenvalue weighted by atomic mass is 35.5. The van der Waals surface area contributed by atoms with Gasteiger partial charge in [-0.2, -0.15) is 15.1 Å². The number of carbonyl (C=O) groups excluding carboxylic acids is 1. The predicted molar refractivity (Wildman–Crippen MR) is 147 cm³/mol. The van der Waals surface area contributed by atoms with Gasteiger partial charge in [0.2, 0.25) is 5.17 Å². The van der Waals surface area contributed by atoms with Gasteiger partial charge in [-0.15, -0.1) is 0 Å². The summed E-state index contributed by atoms with van der Waals surface area (Å²) in [5, 5.41) is 15.7. The van der Waals surface area contributed by atoms with Crippen LogP contribution in [-0.2, 0) is 4.79 Å². The number of rotatable bonds is 7. The summed E-state index contributed by atoms with van der Waals surface area (Å²) in [6.45, 7) is 4.74. The van der Waals surface area contributed by atoms with E-state index in [0.717, 1.165) is 22.4 Å². The molecule has 0 fully saturated rings. The summed E-state index contributed by atoms with van der Waals surface area (Å²) in [6.07, 6.45) is 4.92. The number of aromatic nitrogens is 1. The number of hydrazone groups is 1. The summed E-state index contributed by atoms with van der Waals surface area (Å²) < 4.78 is 11.6. The van der Waals surface area contributed by atoms with Crippen LogP contribution in [0.4, 0.5) is 0 Å². The third-order valence-electron chi connectivity index (χ3n) is 5.43. The van der Waals surface area contributed by atoms with Crippen molar-refractivity contribution in [1.29, 1.82) is 5.41 Å². The molecule has 1 aromatic heterocycles. The van der Waals surface area contributed by atoms with Crippen molar-refractivity contribution in [3.8, 4) is 11.5 Å². The highest BCUT2D eigenvalue weighted by Crippen LogP contribution is 2.32. The van der Waals surface area contributed by atoms with E-state index < -0.39 is 5.91 Å². The summed E-state index contributed by atoms with van der Waals surface area (Å²) in [4.78, 5) is 20.9. The minimum Gasteiger partial charge on any atom is -0.490 e. The van der Waals surface area contributed by atoms with Crippen molar-refractivity contribution >= 4 is 51.4 Å². The molecule has 0 bridgehead atoms. The molecule has 37 heavy (non-hydrogen) atoms. The Bertz CT molecular complexity index is 1470. The Labute approximate surface area is 223 Å². The van der Waals surface area contributed by atoms with E-state index in [2.05, 4.69) is 21.1 Å². The van der Waals surface area contributed by atoms with Crippen LogP contribution in [0.3, 0.4) is 0 Å². The van der Waals surface area contributed by atoms with E-state index >= 15 is 0 Å². The molecule has 2 aliphatic rings. The van der Waals surface area contributed by atoms with Gasteiger partial charge in [-0.05, 0) is 84.8 Å². The van der Waals surface area contributed by atoms with Crippen molar-refractivity contribution in [3.63, 3.8) is 0 Å². The molecule has 10 heteroatoms. The lowest BCUT2D eigenvalue weighted by molar-refractivity contribution is -0.114. The first-order chi connectivity index (χ1) is 17.9. The Morgan fingerprint density at radius 1 is 1.08 bits per heavy atom. The summed E-state index contributed by atoms with van der Waals surface area (Å²) in [5.74, 6) is 0.737. The zero-order valence-corrected chi connectivity index (χ0v) is 21.6. The van der Waals surface area contributed by atoms with E-state index in [9.17, 15) is 4.79 Å². The Balaban J connectivity index is 1.25. The molecule has 1 amide bonds. The maximum absolute atomic E-state index is 12.7.